The van der Waals surface area contributed by atoms with Crippen molar-refractivity contribution in [3.63, 3.8) is 0 Å². The Morgan fingerprint density at radius 1 is 1.20 bits per heavy atom. The van der Waals surface area contributed by atoms with E-state index in [4.69, 9.17) is 0 Å². The lowest BCUT2D eigenvalue weighted by Crippen LogP contribution is -2.32. The molecule has 2 aromatic heterocycles. The van der Waals surface area contributed by atoms with Crippen LogP contribution in [-0.4, -0.2) is 32.9 Å². The van der Waals surface area contributed by atoms with Gasteiger partial charge in [0.05, 0.1) is 18.4 Å². The lowest BCUT2D eigenvalue weighted by atomic mass is 10.1. The van der Waals surface area contributed by atoms with Crippen LogP contribution < -0.4 is 10.6 Å². The molecular weight excluding hydrogens is 318 g/mol. The molecule has 3 rings (SSSR count). The molecule has 0 saturated carbocycles. The molecule has 126 valence electrons. The predicted molar refractivity (Wildman–Crippen MR) is 93.5 cm³/mol. The van der Waals surface area contributed by atoms with Crippen LogP contribution >= 0.6 is 0 Å². The van der Waals surface area contributed by atoms with E-state index >= 15 is 0 Å². The minimum absolute atomic E-state index is 0.115. The summed E-state index contributed by atoms with van der Waals surface area (Å²) in [6.07, 6.45) is 6.63. The summed E-state index contributed by atoms with van der Waals surface area (Å²) in [4.78, 5) is 32.2. The van der Waals surface area contributed by atoms with Crippen molar-refractivity contribution < 1.29 is 9.59 Å². The Hall–Kier alpha value is -3.48. The number of pyridine rings is 1. The highest BCUT2D eigenvalue weighted by Crippen LogP contribution is 2.09. The van der Waals surface area contributed by atoms with Crippen molar-refractivity contribution in [2.45, 2.75) is 6.92 Å². The third kappa shape index (κ3) is 4.29. The van der Waals surface area contributed by atoms with Crippen LogP contribution in [0.2, 0.25) is 0 Å². The van der Waals surface area contributed by atoms with E-state index in [1.807, 2.05) is 13.0 Å². The number of rotatable bonds is 5. The van der Waals surface area contributed by atoms with Crippen molar-refractivity contribution in [2.75, 3.05) is 11.9 Å². The molecule has 0 fully saturated rings. The Morgan fingerprint density at radius 3 is 2.76 bits per heavy atom. The number of nitrogens with one attached hydrogen (secondary N) is 2. The van der Waals surface area contributed by atoms with Gasteiger partial charge in [-0.2, -0.15) is 0 Å². The summed E-state index contributed by atoms with van der Waals surface area (Å²) in [7, 11) is 0. The average Bonchev–Trinajstić information content (AvgIpc) is 3.15. The minimum atomic E-state index is -0.321. The van der Waals surface area contributed by atoms with Crippen LogP contribution in [0.15, 0.2) is 61.3 Å². The molecule has 0 aliphatic carbocycles. The summed E-state index contributed by atoms with van der Waals surface area (Å²) < 4.78 is 1.76. The van der Waals surface area contributed by atoms with E-state index in [0.29, 0.717) is 17.1 Å². The van der Waals surface area contributed by atoms with Crippen LogP contribution in [0.25, 0.3) is 5.82 Å². The van der Waals surface area contributed by atoms with Crippen molar-refractivity contribution in [3.05, 3.63) is 72.4 Å². The van der Waals surface area contributed by atoms with Gasteiger partial charge >= 0.3 is 0 Å². The van der Waals surface area contributed by atoms with Gasteiger partial charge in [-0.05, 0) is 31.2 Å². The van der Waals surface area contributed by atoms with Gasteiger partial charge in [0, 0.05) is 18.0 Å². The summed E-state index contributed by atoms with van der Waals surface area (Å²) in [5, 5.41) is 5.29. The molecule has 25 heavy (non-hydrogen) atoms. The largest absolute Gasteiger partial charge is 0.343 e. The van der Waals surface area contributed by atoms with Gasteiger partial charge in [0.15, 0.2) is 0 Å². The molecule has 0 aliphatic rings. The molecule has 3 aromatic rings. The number of hydrogen-bond acceptors (Lipinski definition) is 4. The molecule has 2 heterocycles. The SMILES string of the molecule is Cc1cccc(C(=O)NCC(=O)Nc2ccc(-n3ccnc3)nc2)c1. The minimum Gasteiger partial charge on any atom is -0.343 e. The molecule has 2 N–H and O–H groups in total. The molecule has 0 spiro atoms. The summed E-state index contributed by atoms with van der Waals surface area (Å²) in [5.74, 6) is 0.0915. The van der Waals surface area contributed by atoms with Gasteiger partial charge in [0.25, 0.3) is 5.91 Å². The fraction of sp³-hybridized carbons (Fsp3) is 0.111. The molecule has 0 radical (unpaired) electrons. The second kappa shape index (κ2) is 7.39. The summed E-state index contributed by atoms with van der Waals surface area (Å²) in [5.41, 5.74) is 2.07. The van der Waals surface area contributed by atoms with Crippen LogP contribution in [0.3, 0.4) is 0 Å². The van der Waals surface area contributed by atoms with Crippen LogP contribution in [0.4, 0.5) is 5.69 Å². The predicted octanol–water partition coefficient (Wildman–Crippen LogP) is 1.94. The molecule has 0 saturated heterocycles. The third-order valence-corrected chi connectivity index (χ3v) is 3.49. The molecule has 0 bridgehead atoms. The Morgan fingerprint density at radius 2 is 2.08 bits per heavy atom. The number of carbonyl (C=O) groups excluding carboxylic acids is 2. The number of anilines is 1. The van der Waals surface area contributed by atoms with E-state index in [1.165, 1.54) is 0 Å². The smallest absolute Gasteiger partial charge is 0.251 e. The first-order valence-electron chi connectivity index (χ1n) is 7.71. The Labute approximate surface area is 144 Å². The average molecular weight is 335 g/mol. The maximum atomic E-state index is 12.0. The molecule has 2 amide bonds. The second-order valence-corrected chi connectivity index (χ2v) is 5.48. The highest BCUT2D eigenvalue weighted by molar-refractivity contribution is 5.99. The molecular formula is C18H17N5O2. The topological polar surface area (TPSA) is 88.9 Å². The maximum Gasteiger partial charge on any atom is 0.251 e. The zero-order chi connectivity index (χ0) is 17.6. The second-order valence-electron chi connectivity index (χ2n) is 5.48. The Bertz CT molecular complexity index is 873. The zero-order valence-electron chi connectivity index (χ0n) is 13.6. The van der Waals surface area contributed by atoms with Crippen molar-refractivity contribution in [1.82, 2.24) is 19.9 Å². The van der Waals surface area contributed by atoms with Gasteiger partial charge in [-0.3, -0.25) is 14.2 Å². The highest BCUT2D eigenvalue weighted by atomic mass is 16.2. The van der Waals surface area contributed by atoms with Crippen LogP contribution in [0, 0.1) is 6.92 Å². The number of aryl methyl sites for hydroxylation is 1. The third-order valence-electron chi connectivity index (χ3n) is 3.49. The van der Waals surface area contributed by atoms with Gasteiger partial charge in [-0.1, -0.05) is 17.7 Å². The van der Waals surface area contributed by atoms with Gasteiger partial charge in [0.2, 0.25) is 5.91 Å². The number of aromatic nitrogens is 3. The fourth-order valence-corrected chi connectivity index (χ4v) is 2.26. The first-order valence-corrected chi connectivity index (χ1v) is 7.71. The van der Waals surface area contributed by atoms with Gasteiger partial charge in [-0.15, -0.1) is 0 Å². The Balaban J connectivity index is 1.53. The van der Waals surface area contributed by atoms with Crippen LogP contribution in [0.5, 0.6) is 0 Å². The van der Waals surface area contributed by atoms with E-state index in [9.17, 15) is 9.59 Å². The summed E-state index contributed by atoms with van der Waals surface area (Å²) in [6.45, 7) is 1.79. The molecule has 7 heteroatoms. The van der Waals surface area contributed by atoms with E-state index < -0.39 is 0 Å². The van der Waals surface area contributed by atoms with E-state index in [1.54, 1.807) is 59.8 Å². The van der Waals surface area contributed by atoms with E-state index in [-0.39, 0.29) is 18.4 Å². The summed E-state index contributed by atoms with van der Waals surface area (Å²) >= 11 is 0. The number of amides is 2. The first-order chi connectivity index (χ1) is 12.1. The normalized spacial score (nSPS) is 10.3. The van der Waals surface area contributed by atoms with Crippen LogP contribution in [-0.2, 0) is 4.79 Å². The quantitative estimate of drug-likeness (QED) is 0.746. The zero-order valence-corrected chi connectivity index (χ0v) is 13.6. The highest BCUT2D eigenvalue weighted by Gasteiger charge is 2.08. The van der Waals surface area contributed by atoms with Gasteiger partial charge < -0.3 is 10.6 Å². The van der Waals surface area contributed by atoms with E-state index in [0.717, 1.165) is 5.56 Å². The standard InChI is InChI=1S/C18H17N5O2/c1-13-3-2-4-14(9-13)18(25)21-11-17(24)22-15-5-6-16(20-10-15)23-8-7-19-12-23/h2-10,12H,11H2,1H3,(H,21,25)(H,22,24). The van der Waals surface area contributed by atoms with Crippen molar-refractivity contribution in [1.29, 1.82) is 0 Å². The first kappa shape index (κ1) is 16.4. The molecule has 0 atom stereocenters. The number of nitrogens with zero attached hydrogens (tertiary/aromatic N) is 3. The van der Waals surface area contributed by atoms with Crippen molar-refractivity contribution in [2.24, 2.45) is 0 Å². The van der Waals surface area contributed by atoms with Crippen molar-refractivity contribution >= 4 is 17.5 Å². The maximum absolute atomic E-state index is 12.0. The number of imidazole rings is 1. The molecule has 7 nitrogen and oxygen atoms in total. The molecule has 0 aliphatic heterocycles. The van der Waals surface area contributed by atoms with Gasteiger partial charge in [-0.25, -0.2) is 9.97 Å². The fourth-order valence-electron chi connectivity index (χ4n) is 2.26. The van der Waals surface area contributed by atoms with Crippen LogP contribution in [0.1, 0.15) is 15.9 Å². The monoisotopic (exact) mass is 335 g/mol. The molecule has 0 unspecified atom stereocenters. The van der Waals surface area contributed by atoms with Gasteiger partial charge in [0.1, 0.15) is 12.1 Å². The van der Waals surface area contributed by atoms with Crippen molar-refractivity contribution in [3.8, 4) is 5.82 Å². The lowest BCUT2D eigenvalue weighted by molar-refractivity contribution is -0.115. The lowest BCUT2D eigenvalue weighted by Gasteiger charge is -2.08. The van der Waals surface area contributed by atoms with E-state index in [2.05, 4.69) is 20.6 Å². The number of carbonyl (C=O) groups is 2. The number of benzene rings is 1. The summed E-state index contributed by atoms with van der Waals surface area (Å²) in [6, 6.07) is 10.7. The molecule has 1 aromatic carbocycles. The number of hydrogen-bond donors (Lipinski definition) is 2. The Kier molecular flexibility index (Phi) is 4.84.